The van der Waals surface area contributed by atoms with E-state index in [4.69, 9.17) is 0 Å². The van der Waals surface area contributed by atoms with Gasteiger partial charge < -0.3 is 25.5 Å². The minimum absolute atomic E-state index is 0.0503. The molecule has 0 saturated carbocycles. The Bertz CT molecular complexity index is 485. The number of nitrogens with zero attached hydrogens (tertiary/aromatic N) is 1. The molecule has 1 aromatic heterocycles. The van der Waals surface area contributed by atoms with Gasteiger partial charge in [-0.2, -0.15) is 0 Å². The van der Waals surface area contributed by atoms with E-state index in [2.05, 4.69) is 20.6 Å². The summed E-state index contributed by atoms with van der Waals surface area (Å²) in [5.41, 5.74) is 0.574. The number of hydrogen-bond acceptors (Lipinski definition) is 5. The lowest BCUT2D eigenvalue weighted by molar-refractivity contribution is -0.308. The van der Waals surface area contributed by atoms with Crippen molar-refractivity contribution in [3.05, 3.63) is 18.2 Å². The van der Waals surface area contributed by atoms with Crippen molar-refractivity contribution < 1.29 is 19.5 Å². The number of nitrogens with one attached hydrogen (secondary N) is 3. The molecule has 3 N–H and O–H groups in total. The average Bonchev–Trinajstić information content (AvgIpc) is 2.99. The van der Waals surface area contributed by atoms with Crippen molar-refractivity contribution in [2.45, 2.75) is 31.3 Å². The molecule has 102 valence electrons. The quantitative estimate of drug-likeness (QED) is 0.541. The maximum Gasteiger partial charge on any atom is 0.243 e. The molecule has 1 aliphatic heterocycles. The lowest BCUT2D eigenvalue weighted by atomic mass is 10.1. The maximum atomic E-state index is 11.8. The normalized spacial score (nSPS) is 19.8. The number of aromatic nitrogens is 2. The highest BCUT2D eigenvalue weighted by Gasteiger charge is 2.28. The first-order valence-corrected chi connectivity index (χ1v) is 5.84. The largest absolute Gasteiger partial charge is 0.548 e. The van der Waals surface area contributed by atoms with E-state index in [-0.39, 0.29) is 18.7 Å². The summed E-state index contributed by atoms with van der Waals surface area (Å²) in [5, 5.41) is 15.8. The zero-order valence-corrected chi connectivity index (χ0v) is 10.0. The van der Waals surface area contributed by atoms with Crippen molar-refractivity contribution in [3.63, 3.8) is 0 Å². The third-order valence-electron chi connectivity index (χ3n) is 2.89. The molecule has 0 radical (unpaired) electrons. The number of carboxylic acid groups (broad SMARTS) is 1. The van der Waals surface area contributed by atoms with Crippen molar-refractivity contribution in [1.29, 1.82) is 0 Å². The highest BCUT2D eigenvalue weighted by atomic mass is 16.4. The second-order valence-corrected chi connectivity index (χ2v) is 4.32. The predicted molar refractivity (Wildman–Crippen MR) is 60.4 cm³/mol. The maximum absolute atomic E-state index is 11.8. The Balaban J connectivity index is 1.95. The van der Waals surface area contributed by atoms with Crippen LogP contribution < -0.4 is 15.7 Å². The SMILES string of the molecule is O=C1CC[C@@H](C(=O)N[C@@H](Cc2cnc[nH]2)C(=O)[O-])N1. The summed E-state index contributed by atoms with van der Waals surface area (Å²) in [6.07, 6.45) is 3.58. The molecular weight excluding hydrogens is 252 g/mol. The van der Waals surface area contributed by atoms with Crippen molar-refractivity contribution in [1.82, 2.24) is 20.6 Å². The summed E-state index contributed by atoms with van der Waals surface area (Å²) in [4.78, 5) is 40.3. The Morgan fingerprint density at radius 2 is 2.37 bits per heavy atom. The molecule has 8 heteroatoms. The van der Waals surface area contributed by atoms with Gasteiger partial charge in [0.05, 0.1) is 18.3 Å². The van der Waals surface area contributed by atoms with E-state index in [0.717, 1.165) is 0 Å². The molecule has 2 heterocycles. The van der Waals surface area contributed by atoms with Gasteiger partial charge in [0.1, 0.15) is 6.04 Å². The smallest absolute Gasteiger partial charge is 0.243 e. The molecule has 0 bridgehead atoms. The molecule has 0 spiro atoms. The monoisotopic (exact) mass is 265 g/mol. The lowest BCUT2D eigenvalue weighted by Gasteiger charge is -2.21. The zero-order valence-electron chi connectivity index (χ0n) is 10.0. The molecule has 2 amide bonds. The van der Waals surface area contributed by atoms with Gasteiger partial charge in [-0.05, 0) is 6.42 Å². The lowest BCUT2D eigenvalue weighted by Crippen LogP contribution is -2.53. The topological polar surface area (TPSA) is 127 Å². The van der Waals surface area contributed by atoms with Gasteiger partial charge in [0, 0.05) is 24.7 Å². The first-order chi connectivity index (χ1) is 9.06. The number of carbonyl (C=O) groups is 3. The van der Waals surface area contributed by atoms with Crippen molar-refractivity contribution >= 4 is 17.8 Å². The Hall–Kier alpha value is -2.38. The number of rotatable bonds is 5. The van der Waals surface area contributed by atoms with Gasteiger partial charge in [-0.15, -0.1) is 0 Å². The summed E-state index contributed by atoms with van der Waals surface area (Å²) in [7, 11) is 0. The number of hydrogen-bond donors (Lipinski definition) is 3. The van der Waals surface area contributed by atoms with Crippen molar-refractivity contribution in [3.8, 4) is 0 Å². The van der Waals surface area contributed by atoms with Gasteiger partial charge in [0.15, 0.2) is 0 Å². The Labute approximate surface area is 108 Å². The Morgan fingerprint density at radius 3 is 2.89 bits per heavy atom. The van der Waals surface area contributed by atoms with Crippen LogP contribution in [-0.4, -0.2) is 39.8 Å². The van der Waals surface area contributed by atoms with E-state index in [1.165, 1.54) is 12.5 Å². The number of carboxylic acids is 1. The van der Waals surface area contributed by atoms with Crippen molar-refractivity contribution in [2.75, 3.05) is 0 Å². The molecule has 19 heavy (non-hydrogen) atoms. The molecule has 0 aliphatic carbocycles. The molecule has 1 aromatic rings. The fourth-order valence-electron chi connectivity index (χ4n) is 1.89. The number of carbonyl (C=O) groups excluding carboxylic acids is 3. The molecule has 0 aromatic carbocycles. The van der Waals surface area contributed by atoms with E-state index in [1.807, 2.05) is 0 Å². The summed E-state index contributed by atoms with van der Waals surface area (Å²) in [6, 6.07) is -1.83. The highest BCUT2D eigenvalue weighted by Crippen LogP contribution is 2.07. The predicted octanol–water partition coefficient (Wildman–Crippen LogP) is -2.53. The van der Waals surface area contributed by atoms with Crippen molar-refractivity contribution in [2.24, 2.45) is 0 Å². The van der Waals surface area contributed by atoms with Crippen LogP contribution in [0, 0.1) is 0 Å². The molecule has 2 rings (SSSR count). The molecular formula is C11H13N4O4-. The van der Waals surface area contributed by atoms with E-state index in [0.29, 0.717) is 12.1 Å². The summed E-state index contributed by atoms with van der Waals surface area (Å²) < 4.78 is 0. The average molecular weight is 265 g/mol. The molecule has 8 nitrogen and oxygen atoms in total. The zero-order chi connectivity index (χ0) is 13.8. The number of amides is 2. The van der Waals surface area contributed by atoms with Crippen LogP contribution in [-0.2, 0) is 20.8 Å². The number of aliphatic carboxylic acids is 1. The number of aromatic amines is 1. The van der Waals surface area contributed by atoms with Crippen LogP contribution in [0.2, 0.25) is 0 Å². The summed E-state index contributed by atoms with van der Waals surface area (Å²) in [6.45, 7) is 0. The molecule has 0 unspecified atom stereocenters. The summed E-state index contributed by atoms with van der Waals surface area (Å²) >= 11 is 0. The fourth-order valence-corrected chi connectivity index (χ4v) is 1.89. The third kappa shape index (κ3) is 3.30. The third-order valence-corrected chi connectivity index (χ3v) is 2.89. The Morgan fingerprint density at radius 1 is 1.58 bits per heavy atom. The van der Waals surface area contributed by atoms with Gasteiger partial charge in [-0.1, -0.05) is 0 Å². The van der Waals surface area contributed by atoms with Gasteiger partial charge >= 0.3 is 0 Å². The first kappa shape index (κ1) is 13.1. The summed E-state index contributed by atoms with van der Waals surface area (Å²) in [5.74, 6) is -2.11. The molecule has 1 aliphatic rings. The standard InChI is InChI=1S/C11H14N4O4/c16-9-2-1-7(14-9)10(17)15-8(11(18)19)3-6-4-12-5-13-6/h4-5,7-8H,1-3H2,(H,12,13)(H,14,16)(H,15,17)(H,18,19)/p-1/t7-,8-/m0/s1. The van der Waals surface area contributed by atoms with E-state index in [9.17, 15) is 19.5 Å². The van der Waals surface area contributed by atoms with Gasteiger partial charge in [0.2, 0.25) is 11.8 Å². The van der Waals surface area contributed by atoms with Gasteiger partial charge in [-0.3, -0.25) is 9.59 Å². The molecule has 2 atom stereocenters. The fraction of sp³-hybridized carbons (Fsp3) is 0.455. The van der Waals surface area contributed by atoms with Gasteiger partial charge in [0.25, 0.3) is 0 Å². The number of imidazole rings is 1. The minimum atomic E-state index is -1.38. The van der Waals surface area contributed by atoms with E-state index >= 15 is 0 Å². The van der Waals surface area contributed by atoms with Gasteiger partial charge in [-0.25, -0.2) is 4.98 Å². The van der Waals surface area contributed by atoms with E-state index in [1.54, 1.807) is 0 Å². The number of H-pyrrole nitrogens is 1. The minimum Gasteiger partial charge on any atom is -0.548 e. The van der Waals surface area contributed by atoms with Crippen LogP contribution in [0.25, 0.3) is 0 Å². The van der Waals surface area contributed by atoms with Crippen LogP contribution in [0.4, 0.5) is 0 Å². The molecule has 1 fully saturated rings. The first-order valence-electron chi connectivity index (χ1n) is 5.84. The van der Waals surface area contributed by atoms with Crippen LogP contribution in [0.1, 0.15) is 18.5 Å². The van der Waals surface area contributed by atoms with E-state index < -0.39 is 24.0 Å². The van der Waals surface area contributed by atoms with Crippen LogP contribution >= 0.6 is 0 Å². The second kappa shape index (κ2) is 5.51. The Kier molecular flexibility index (Phi) is 3.79. The van der Waals surface area contributed by atoms with Crippen LogP contribution in [0.5, 0.6) is 0 Å². The van der Waals surface area contributed by atoms with Crippen LogP contribution in [0.3, 0.4) is 0 Å². The molecule has 1 saturated heterocycles. The highest BCUT2D eigenvalue weighted by molar-refractivity contribution is 5.92. The second-order valence-electron chi connectivity index (χ2n) is 4.32. The van der Waals surface area contributed by atoms with Crippen LogP contribution in [0.15, 0.2) is 12.5 Å².